The highest BCUT2D eigenvalue weighted by molar-refractivity contribution is 9.10. The van der Waals surface area contributed by atoms with Crippen LogP contribution in [-0.2, 0) is 0 Å². The minimum absolute atomic E-state index is 0.235. The Hall–Kier alpha value is -1.59. The Morgan fingerprint density at radius 1 is 1.05 bits per heavy atom. The summed E-state index contributed by atoms with van der Waals surface area (Å²) >= 11 is 3.40. The van der Waals surface area contributed by atoms with E-state index in [4.69, 9.17) is 15.2 Å². The molecule has 0 amide bonds. The van der Waals surface area contributed by atoms with Gasteiger partial charge in [-0.25, -0.2) is 0 Å². The largest absolute Gasteiger partial charge is 0.486 e. The minimum atomic E-state index is -0.235. The number of pyridine rings is 1. The zero-order valence-electron chi connectivity index (χ0n) is 10.2. The summed E-state index contributed by atoms with van der Waals surface area (Å²) in [5.74, 6) is 1.52. The van der Waals surface area contributed by atoms with Crippen LogP contribution in [0, 0.1) is 0 Å². The number of rotatable bonds is 2. The number of ether oxygens (including phenoxy) is 2. The van der Waals surface area contributed by atoms with Crippen molar-refractivity contribution in [2.24, 2.45) is 5.73 Å². The maximum absolute atomic E-state index is 6.26. The SMILES string of the molecule is NC(c1cncc(Br)c1)c1ccc2c(c1)OCCO2. The molecule has 0 spiro atoms. The maximum atomic E-state index is 6.26. The van der Waals surface area contributed by atoms with Crippen molar-refractivity contribution < 1.29 is 9.47 Å². The zero-order valence-corrected chi connectivity index (χ0v) is 11.8. The van der Waals surface area contributed by atoms with Crippen LogP contribution in [0.1, 0.15) is 17.2 Å². The van der Waals surface area contributed by atoms with Crippen LogP contribution < -0.4 is 15.2 Å². The van der Waals surface area contributed by atoms with E-state index >= 15 is 0 Å². The van der Waals surface area contributed by atoms with Gasteiger partial charge < -0.3 is 15.2 Å². The Kier molecular flexibility index (Phi) is 3.40. The van der Waals surface area contributed by atoms with Gasteiger partial charge in [-0.3, -0.25) is 4.98 Å². The summed E-state index contributed by atoms with van der Waals surface area (Å²) in [5.41, 5.74) is 8.19. The molecule has 1 aromatic carbocycles. The highest BCUT2D eigenvalue weighted by Gasteiger charge is 2.16. The molecule has 2 heterocycles. The molecule has 0 radical (unpaired) electrons. The van der Waals surface area contributed by atoms with E-state index in [-0.39, 0.29) is 6.04 Å². The van der Waals surface area contributed by atoms with Crippen LogP contribution in [0.3, 0.4) is 0 Å². The number of hydrogen-bond donors (Lipinski definition) is 1. The number of hydrogen-bond acceptors (Lipinski definition) is 4. The van der Waals surface area contributed by atoms with Crippen molar-refractivity contribution in [2.75, 3.05) is 13.2 Å². The van der Waals surface area contributed by atoms with Crippen LogP contribution in [0.15, 0.2) is 41.1 Å². The van der Waals surface area contributed by atoms with Gasteiger partial charge >= 0.3 is 0 Å². The lowest BCUT2D eigenvalue weighted by atomic mass is 10.0. The normalized spacial score (nSPS) is 15.1. The fourth-order valence-electron chi connectivity index (χ4n) is 2.04. The molecular weight excluding hydrogens is 308 g/mol. The molecule has 0 saturated heterocycles. The van der Waals surface area contributed by atoms with Gasteiger partial charge in [0.1, 0.15) is 13.2 Å². The molecule has 0 saturated carbocycles. The number of aromatic nitrogens is 1. The Balaban J connectivity index is 1.93. The lowest BCUT2D eigenvalue weighted by molar-refractivity contribution is 0.171. The monoisotopic (exact) mass is 320 g/mol. The summed E-state index contributed by atoms with van der Waals surface area (Å²) in [4.78, 5) is 4.14. The highest BCUT2D eigenvalue weighted by atomic mass is 79.9. The number of halogens is 1. The standard InChI is InChI=1S/C14H13BrN2O2/c15-11-5-10(7-17-8-11)14(16)9-1-2-12-13(6-9)19-4-3-18-12/h1-2,5-8,14H,3-4,16H2. The van der Waals surface area contributed by atoms with Crippen molar-refractivity contribution in [3.05, 3.63) is 52.3 Å². The first-order chi connectivity index (χ1) is 9.24. The second-order valence-corrected chi connectivity index (χ2v) is 5.23. The molecule has 3 rings (SSSR count). The summed E-state index contributed by atoms with van der Waals surface area (Å²) < 4.78 is 12.0. The van der Waals surface area contributed by atoms with Gasteiger partial charge in [-0.15, -0.1) is 0 Å². The van der Waals surface area contributed by atoms with Gasteiger partial charge in [0.25, 0.3) is 0 Å². The van der Waals surface area contributed by atoms with E-state index in [1.807, 2.05) is 24.3 Å². The van der Waals surface area contributed by atoms with Gasteiger partial charge in [0.05, 0.1) is 6.04 Å². The third kappa shape index (κ3) is 2.57. The molecule has 0 aliphatic carbocycles. The fraction of sp³-hybridized carbons (Fsp3) is 0.214. The van der Waals surface area contributed by atoms with Gasteiger partial charge in [0.2, 0.25) is 0 Å². The van der Waals surface area contributed by atoms with Crippen molar-refractivity contribution in [1.82, 2.24) is 4.98 Å². The molecule has 1 aliphatic rings. The van der Waals surface area contributed by atoms with Crippen LogP contribution in [0.4, 0.5) is 0 Å². The van der Waals surface area contributed by atoms with Crippen LogP contribution >= 0.6 is 15.9 Å². The molecule has 98 valence electrons. The van der Waals surface area contributed by atoms with Gasteiger partial charge in [0, 0.05) is 16.9 Å². The molecule has 5 heteroatoms. The lowest BCUT2D eigenvalue weighted by Gasteiger charge is -2.20. The van der Waals surface area contributed by atoms with Crippen LogP contribution in [-0.4, -0.2) is 18.2 Å². The van der Waals surface area contributed by atoms with E-state index in [1.54, 1.807) is 12.4 Å². The number of nitrogens with two attached hydrogens (primary N) is 1. The van der Waals surface area contributed by atoms with Crippen LogP contribution in [0.5, 0.6) is 11.5 Å². The fourth-order valence-corrected chi connectivity index (χ4v) is 2.43. The molecule has 2 aromatic rings. The van der Waals surface area contributed by atoms with E-state index in [2.05, 4.69) is 20.9 Å². The number of fused-ring (bicyclic) bond motifs is 1. The smallest absolute Gasteiger partial charge is 0.161 e. The van der Waals surface area contributed by atoms with E-state index in [0.29, 0.717) is 13.2 Å². The van der Waals surface area contributed by atoms with Crippen molar-refractivity contribution >= 4 is 15.9 Å². The van der Waals surface area contributed by atoms with Gasteiger partial charge in [-0.05, 0) is 45.3 Å². The lowest BCUT2D eigenvalue weighted by Crippen LogP contribution is -2.17. The second-order valence-electron chi connectivity index (χ2n) is 4.32. The second kappa shape index (κ2) is 5.19. The number of benzene rings is 1. The predicted octanol–water partition coefficient (Wildman–Crippen LogP) is 2.66. The third-order valence-electron chi connectivity index (χ3n) is 3.01. The van der Waals surface area contributed by atoms with Crippen molar-refractivity contribution in [3.8, 4) is 11.5 Å². The summed E-state index contributed by atoms with van der Waals surface area (Å²) in [6.45, 7) is 1.16. The molecule has 1 aromatic heterocycles. The Bertz CT molecular complexity index is 604. The van der Waals surface area contributed by atoms with E-state index in [1.165, 1.54) is 0 Å². The first-order valence-electron chi connectivity index (χ1n) is 5.99. The molecule has 0 bridgehead atoms. The molecule has 19 heavy (non-hydrogen) atoms. The molecule has 2 N–H and O–H groups in total. The molecule has 0 fully saturated rings. The quantitative estimate of drug-likeness (QED) is 0.924. The Morgan fingerprint density at radius 2 is 1.84 bits per heavy atom. The van der Waals surface area contributed by atoms with Crippen molar-refractivity contribution in [1.29, 1.82) is 0 Å². The van der Waals surface area contributed by atoms with Gasteiger partial charge in [-0.2, -0.15) is 0 Å². The van der Waals surface area contributed by atoms with Crippen molar-refractivity contribution in [3.63, 3.8) is 0 Å². The maximum Gasteiger partial charge on any atom is 0.161 e. The van der Waals surface area contributed by atoms with Gasteiger partial charge in [0.15, 0.2) is 11.5 Å². The molecular formula is C14H13BrN2O2. The molecule has 1 unspecified atom stereocenters. The van der Waals surface area contributed by atoms with Gasteiger partial charge in [-0.1, -0.05) is 6.07 Å². The summed E-state index contributed by atoms with van der Waals surface area (Å²) in [5, 5.41) is 0. The molecule has 4 nitrogen and oxygen atoms in total. The predicted molar refractivity (Wildman–Crippen MR) is 75.4 cm³/mol. The number of nitrogens with zero attached hydrogens (tertiary/aromatic N) is 1. The molecule has 1 atom stereocenters. The topological polar surface area (TPSA) is 57.4 Å². The summed E-state index contributed by atoms with van der Waals surface area (Å²) in [6, 6.07) is 7.52. The Morgan fingerprint density at radius 3 is 2.63 bits per heavy atom. The van der Waals surface area contributed by atoms with E-state index in [9.17, 15) is 0 Å². The minimum Gasteiger partial charge on any atom is -0.486 e. The van der Waals surface area contributed by atoms with Crippen molar-refractivity contribution in [2.45, 2.75) is 6.04 Å². The first kappa shape index (κ1) is 12.4. The van der Waals surface area contributed by atoms with E-state index in [0.717, 1.165) is 27.1 Å². The Labute approximate surface area is 119 Å². The average molecular weight is 321 g/mol. The first-order valence-corrected chi connectivity index (χ1v) is 6.79. The summed E-state index contributed by atoms with van der Waals surface area (Å²) in [7, 11) is 0. The molecule has 1 aliphatic heterocycles. The highest BCUT2D eigenvalue weighted by Crippen LogP contribution is 2.33. The zero-order chi connectivity index (χ0) is 13.2. The summed E-state index contributed by atoms with van der Waals surface area (Å²) in [6.07, 6.45) is 3.51. The third-order valence-corrected chi connectivity index (χ3v) is 3.44. The van der Waals surface area contributed by atoms with E-state index < -0.39 is 0 Å². The van der Waals surface area contributed by atoms with Crippen LogP contribution in [0.25, 0.3) is 0 Å². The van der Waals surface area contributed by atoms with Crippen LogP contribution in [0.2, 0.25) is 0 Å². The average Bonchev–Trinajstić information content (AvgIpc) is 2.46.